The van der Waals surface area contributed by atoms with Crippen LogP contribution in [0.4, 0.5) is 13.2 Å². The summed E-state index contributed by atoms with van der Waals surface area (Å²) in [5.41, 5.74) is -1.72. The minimum Gasteiger partial charge on any atom is -0.505 e. The molecule has 1 aromatic heterocycles. The van der Waals surface area contributed by atoms with Crippen LogP contribution in [0.25, 0.3) is 10.9 Å². The molecule has 8 heteroatoms. The Morgan fingerprint density at radius 2 is 1.87 bits per heavy atom. The van der Waals surface area contributed by atoms with Gasteiger partial charge < -0.3 is 5.11 Å². The Hall–Kier alpha value is -1.83. The third-order valence-electron chi connectivity index (χ3n) is 4.18. The van der Waals surface area contributed by atoms with Gasteiger partial charge in [0.05, 0.1) is 10.1 Å². The summed E-state index contributed by atoms with van der Waals surface area (Å²) in [4.78, 5) is 3.34. The third-order valence-corrected chi connectivity index (χ3v) is 6.48. The zero-order valence-electron chi connectivity index (χ0n) is 12.0. The lowest BCUT2D eigenvalue weighted by Crippen LogP contribution is -2.19. The van der Waals surface area contributed by atoms with Crippen molar-refractivity contribution in [1.82, 2.24) is 4.98 Å². The molecule has 0 bridgehead atoms. The maximum Gasteiger partial charge on any atom is 0.420 e. The first-order chi connectivity index (χ1) is 10.7. The molecule has 4 nitrogen and oxygen atoms in total. The number of rotatable bonds is 2. The number of benzene rings is 1. The van der Waals surface area contributed by atoms with Gasteiger partial charge in [0.1, 0.15) is 11.1 Å². The Bertz CT molecular complexity index is 856. The predicted molar refractivity (Wildman–Crippen MR) is 77.9 cm³/mol. The van der Waals surface area contributed by atoms with E-state index in [1.54, 1.807) is 0 Å². The molecule has 1 N–H and O–H groups in total. The fraction of sp³-hybridized carbons (Fsp3) is 0.400. The summed E-state index contributed by atoms with van der Waals surface area (Å²) >= 11 is 0. The van der Waals surface area contributed by atoms with Crippen LogP contribution >= 0.6 is 0 Å². The molecule has 1 saturated carbocycles. The van der Waals surface area contributed by atoms with E-state index in [0.29, 0.717) is 18.9 Å². The zero-order chi connectivity index (χ0) is 16.8. The van der Waals surface area contributed by atoms with Gasteiger partial charge in [-0.05, 0) is 31.0 Å². The Morgan fingerprint density at radius 3 is 2.48 bits per heavy atom. The van der Waals surface area contributed by atoms with Crippen LogP contribution in [0.1, 0.15) is 31.2 Å². The fourth-order valence-corrected chi connectivity index (χ4v) is 5.09. The van der Waals surface area contributed by atoms with Gasteiger partial charge >= 0.3 is 6.18 Å². The zero-order valence-corrected chi connectivity index (χ0v) is 12.8. The van der Waals surface area contributed by atoms with Gasteiger partial charge in [0, 0.05) is 11.6 Å². The number of aromatic hydroxyl groups is 1. The molecule has 124 valence electrons. The lowest BCUT2D eigenvalue weighted by molar-refractivity contribution is -0.138. The van der Waals surface area contributed by atoms with E-state index in [1.165, 1.54) is 18.3 Å². The van der Waals surface area contributed by atoms with E-state index in [0.717, 1.165) is 12.8 Å². The lowest BCUT2D eigenvalue weighted by atomic mass is 10.1. The molecule has 1 aromatic carbocycles. The topological polar surface area (TPSA) is 67.3 Å². The maximum atomic E-state index is 13.1. The van der Waals surface area contributed by atoms with E-state index >= 15 is 0 Å². The number of halogens is 3. The second-order valence-electron chi connectivity index (χ2n) is 5.62. The summed E-state index contributed by atoms with van der Waals surface area (Å²) in [6.45, 7) is 0. The summed E-state index contributed by atoms with van der Waals surface area (Å²) in [7, 11) is -3.92. The van der Waals surface area contributed by atoms with Crippen LogP contribution in [0.5, 0.6) is 5.75 Å². The van der Waals surface area contributed by atoms with E-state index in [9.17, 15) is 26.7 Å². The molecule has 1 heterocycles. The molecule has 23 heavy (non-hydrogen) atoms. The van der Waals surface area contributed by atoms with Crippen molar-refractivity contribution in [2.24, 2.45) is 0 Å². The van der Waals surface area contributed by atoms with Crippen molar-refractivity contribution in [3.05, 3.63) is 30.0 Å². The van der Waals surface area contributed by atoms with E-state index in [-0.39, 0.29) is 10.9 Å². The van der Waals surface area contributed by atoms with Gasteiger partial charge in [-0.1, -0.05) is 12.8 Å². The van der Waals surface area contributed by atoms with E-state index < -0.39 is 37.5 Å². The smallest absolute Gasteiger partial charge is 0.420 e. The van der Waals surface area contributed by atoms with Gasteiger partial charge in [-0.15, -0.1) is 0 Å². The van der Waals surface area contributed by atoms with Crippen molar-refractivity contribution < 1.29 is 26.7 Å². The maximum absolute atomic E-state index is 13.1. The van der Waals surface area contributed by atoms with Gasteiger partial charge in [0.15, 0.2) is 15.6 Å². The number of hydrogen-bond donors (Lipinski definition) is 1. The number of hydrogen-bond acceptors (Lipinski definition) is 4. The molecule has 2 aromatic rings. The Kier molecular flexibility index (Phi) is 3.74. The quantitative estimate of drug-likeness (QED) is 0.902. The molecule has 3 rings (SSSR count). The van der Waals surface area contributed by atoms with Crippen LogP contribution in [0.3, 0.4) is 0 Å². The van der Waals surface area contributed by atoms with Crippen LogP contribution in [0.15, 0.2) is 29.3 Å². The number of fused-ring (bicyclic) bond motifs is 1. The first-order valence-corrected chi connectivity index (χ1v) is 8.69. The van der Waals surface area contributed by atoms with Crippen LogP contribution in [0, 0.1) is 0 Å². The van der Waals surface area contributed by atoms with Gasteiger partial charge in [-0.2, -0.15) is 13.2 Å². The first-order valence-electron chi connectivity index (χ1n) is 7.14. The van der Waals surface area contributed by atoms with Gasteiger partial charge in [0.2, 0.25) is 0 Å². The summed E-state index contributed by atoms with van der Waals surface area (Å²) in [6.07, 6.45) is -1.29. The van der Waals surface area contributed by atoms with Crippen molar-refractivity contribution in [3.8, 4) is 5.75 Å². The molecule has 0 unspecified atom stereocenters. The van der Waals surface area contributed by atoms with E-state index in [1.807, 2.05) is 0 Å². The monoisotopic (exact) mass is 345 g/mol. The number of pyridine rings is 1. The lowest BCUT2D eigenvalue weighted by Gasteiger charge is -2.17. The highest BCUT2D eigenvalue weighted by atomic mass is 32.2. The molecule has 1 aliphatic carbocycles. The second-order valence-corrected chi connectivity index (χ2v) is 7.82. The molecular formula is C15H14F3NO3S. The number of aromatic nitrogens is 1. The number of sulfone groups is 1. The Balaban J connectivity index is 2.34. The summed E-state index contributed by atoms with van der Waals surface area (Å²) in [6, 6.07) is 3.33. The average Bonchev–Trinajstić information content (AvgIpc) is 3.01. The van der Waals surface area contributed by atoms with Crippen LogP contribution in [0.2, 0.25) is 0 Å². The normalized spacial score (nSPS) is 17.0. The molecule has 0 spiro atoms. The van der Waals surface area contributed by atoms with Gasteiger partial charge in [0.25, 0.3) is 0 Å². The molecule has 0 amide bonds. The number of alkyl halides is 3. The van der Waals surface area contributed by atoms with Crippen molar-refractivity contribution in [2.75, 3.05) is 0 Å². The molecule has 0 saturated heterocycles. The van der Waals surface area contributed by atoms with Crippen LogP contribution < -0.4 is 0 Å². The minimum absolute atomic E-state index is 0.0184. The molecule has 0 radical (unpaired) electrons. The highest BCUT2D eigenvalue weighted by Gasteiger charge is 2.39. The van der Waals surface area contributed by atoms with Gasteiger partial charge in [-0.3, -0.25) is 4.98 Å². The highest BCUT2D eigenvalue weighted by Crippen LogP contribution is 2.43. The summed E-state index contributed by atoms with van der Waals surface area (Å²) < 4.78 is 64.9. The second kappa shape index (κ2) is 5.36. The van der Waals surface area contributed by atoms with Crippen molar-refractivity contribution in [2.45, 2.75) is 42.0 Å². The molecule has 0 aliphatic heterocycles. The van der Waals surface area contributed by atoms with Crippen LogP contribution in [-0.2, 0) is 16.0 Å². The Morgan fingerprint density at radius 1 is 1.22 bits per heavy atom. The third kappa shape index (κ3) is 2.65. The number of nitrogens with zero attached hydrogens (tertiary/aromatic N) is 1. The fourth-order valence-electron chi connectivity index (χ4n) is 3.03. The van der Waals surface area contributed by atoms with Gasteiger partial charge in [-0.25, -0.2) is 8.42 Å². The molecule has 1 aliphatic rings. The number of phenolic OH excluding ortho intramolecular Hbond substituents is 1. The van der Waals surface area contributed by atoms with E-state index in [4.69, 9.17) is 0 Å². The number of phenols is 1. The molecule has 1 fully saturated rings. The summed E-state index contributed by atoms with van der Waals surface area (Å²) in [5.74, 6) is -1.04. The molecule has 0 atom stereocenters. The average molecular weight is 345 g/mol. The van der Waals surface area contributed by atoms with E-state index in [2.05, 4.69) is 4.98 Å². The molecular weight excluding hydrogens is 331 g/mol. The standard InChI is InChI=1S/C15H14F3NO3S/c16-15(17,18)11-8-12(23(21,22)9-4-1-2-5-9)10-6-3-7-19-13(10)14(11)20/h3,6-9,20H,1-2,4-5H2. The predicted octanol–water partition coefficient (Wildman–Crippen LogP) is 3.68. The Labute approximate surface area is 130 Å². The SMILES string of the molecule is O=S(=O)(c1cc(C(F)(F)F)c(O)c2ncccc12)C1CCCC1. The van der Waals surface area contributed by atoms with Crippen molar-refractivity contribution >= 4 is 20.7 Å². The first kappa shape index (κ1) is 16.0. The van der Waals surface area contributed by atoms with Crippen LogP contribution in [-0.4, -0.2) is 23.8 Å². The minimum atomic E-state index is -4.87. The highest BCUT2D eigenvalue weighted by molar-refractivity contribution is 7.92. The summed E-state index contributed by atoms with van der Waals surface area (Å²) in [5, 5.41) is 9.20. The van der Waals surface area contributed by atoms with Crippen molar-refractivity contribution in [1.29, 1.82) is 0 Å². The van der Waals surface area contributed by atoms with Crippen molar-refractivity contribution in [3.63, 3.8) is 0 Å². The largest absolute Gasteiger partial charge is 0.505 e.